The van der Waals surface area contributed by atoms with Crippen LogP contribution in [-0.4, -0.2) is 4.98 Å². The van der Waals surface area contributed by atoms with Gasteiger partial charge in [-0.3, -0.25) is 0 Å². The molecule has 0 aliphatic rings. The first-order valence-corrected chi connectivity index (χ1v) is 5.53. The summed E-state index contributed by atoms with van der Waals surface area (Å²) in [6.07, 6.45) is 3.33. The van der Waals surface area contributed by atoms with Gasteiger partial charge in [0.2, 0.25) is 0 Å². The third kappa shape index (κ3) is 1.92. The quantitative estimate of drug-likeness (QED) is 0.480. The smallest absolute Gasteiger partial charge is 0.138 e. The summed E-state index contributed by atoms with van der Waals surface area (Å²) in [6, 6.07) is 11.2. The van der Waals surface area contributed by atoms with Crippen molar-refractivity contribution in [1.82, 2.24) is 4.98 Å². The van der Waals surface area contributed by atoms with Crippen molar-refractivity contribution in [2.45, 2.75) is 0 Å². The highest BCUT2D eigenvalue weighted by Crippen LogP contribution is 2.16. The van der Waals surface area contributed by atoms with Crippen molar-refractivity contribution < 1.29 is 4.42 Å². The van der Waals surface area contributed by atoms with Gasteiger partial charge in [0.25, 0.3) is 0 Å². The molecule has 0 bridgehead atoms. The number of anilines is 1. The molecular weight excluding hydrogens is 224 g/mol. The van der Waals surface area contributed by atoms with Crippen molar-refractivity contribution >= 4 is 16.7 Å². The second kappa shape index (κ2) is 4.27. The Morgan fingerprint density at radius 3 is 2.94 bits per heavy atom. The maximum atomic E-state index is 5.70. The van der Waals surface area contributed by atoms with Gasteiger partial charge in [-0.2, -0.15) is 0 Å². The Labute approximate surface area is 104 Å². The molecule has 0 saturated carbocycles. The van der Waals surface area contributed by atoms with Crippen molar-refractivity contribution in [3.63, 3.8) is 0 Å². The molecule has 0 radical (unpaired) electrons. The average molecular weight is 234 g/mol. The van der Waals surface area contributed by atoms with E-state index in [1.807, 2.05) is 36.4 Å². The Hall–Kier alpha value is -2.73. The lowest BCUT2D eigenvalue weighted by Gasteiger charge is -1.93. The summed E-state index contributed by atoms with van der Waals surface area (Å²) in [5.41, 5.74) is 8.79. The first-order valence-electron chi connectivity index (χ1n) is 5.53. The number of nitrogens with zero attached hydrogens (tertiary/aromatic N) is 1. The van der Waals surface area contributed by atoms with Gasteiger partial charge >= 0.3 is 0 Å². The molecule has 0 fully saturated rings. The molecule has 1 aromatic carbocycles. The van der Waals surface area contributed by atoms with Gasteiger partial charge in [0.15, 0.2) is 0 Å². The van der Waals surface area contributed by atoms with E-state index in [9.17, 15) is 0 Å². The van der Waals surface area contributed by atoms with E-state index in [1.165, 1.54) is 0 Å². The number of nitrogens with two attached hydrogens (primary N) is 1. The SMILES string of the molecule is Nc1cccc(C#Cc2nccc3occc23)c1. The van der Waals surface area contributed by atoms with E-state index < -0.39 is 0 Å². The van der Waals surface area contributed by atoms with Crippen LogP contribution in [0.5, 0.6) is 0 Å². The number of furan rings is 1. The van der Waals surface area contributed by atoms with Gasteiger partial charge in [-0.15, -0.1) is 0 Å². The number of aromatic nitrogens is 1. The molecule has 0 unspecified atom stereocenters. The summed E-state index contributed by atoms with van der Waals surface area (Å²) < 4.78 is 5.30. The average Bonchev–Trinajstić information content (AvgIpc) is 2.85. The highest BCUT2D eigenvalue weighted by Gasteiger charge is 2.01. The van der Waals surface area contributed by atoms with Gasteiger partial charge < -0.3 is 10.2 Å². The first kappa shape index (κ1) is 10.4. The lowest BCUT2D eigenvalue weighted by Crippen LogP contribution is -1.85. The molecule has 0 atom stereocenters. The number of rotatable bonds is 0. The van der Waals surface area contributed by atoms with Crippen molar-refractivity contribution in [1.29, 1.82) is 0 Å². The van der Waals surface area contributed by atoms with E-state index in [0.29, 0.717) is 11.4 Å². The van der Waals surface area contributed by atoms with Crippen molar-refractivity contribution in [2.24, 2.45) is 0 Å². The molecule has 0 saturated heterocycles. The summed E-state index contributed by atoms with van der Waals surface area (Å²) in [4.78, 5) is 4.25. The highest BCUT2D eigenvalue weighted by molar-refractivity contribution is 5.82. The van der Waals surface area contributed by atoms with Crippen LogP contribution >= 0.6 is 0 Å². The van der Waals surface area contributed by atoms with Crippen LogP contribution < -0.4 is 5.73 Å². The minimum absolute atomic E-state index is 0.705. The molecule has 3 nitrogen and oxygen atoms in total. The predicted molar refractivity (Wildman–Crippen MR) is 70.8 cm³/mol. The van der Waals surface area contributed by atoms with Gasteiger partial charge in [-0.1, -0.05) is 12.0 Å². The normalized spacial score (nSPS) is 10.0. The lowest BCUT2D eigenvalue weighted by atomic mass is 10.2. The molecule has 3 heteroatoms. The molecule has 3 aromatic rings. The number of nitrogen functional groups attached to an aromatic ring is 1. The van der Waals surface area contributed by atoms with Crippen LogP contribution in [0, 0.1) is 11.8 Å². The fourth-order valence-corrected chi connectivity index (χ4v) is 1.74. The molecule has 18 heavy (non-hydrogen) atoms. The van der Waals surface area contributed by atoms with Crippen LogP contribution in [0.3, 0.4) is 0 Å². The maximum Gasteiger partial charge on any atom is 0.138 e. The summed E-state index contributed by atoms with van der Waals surface area (Å²) >= 11 is 0. The molecule has 86 valence electrons. The van der Waals surface area contributed by atoms with E-state index >= 15 is 0 Å². The van der Waals surface area contributed by atoms with E-state index in [4.69, 9.17) is 10.2 Å². The first-order chi connectivity index (χ1) is 8.83. The third-order valence-electron chi connectivity index (χ3n) is 2.59. The van der Waals surface area contributed by atoms with Crippen LogP contribution in [0.2, 0.25) is 0 Å². The minimum Gasteiger partial charge on any atom is -0.464 e. The van der Waals surface area contributed by atoms with Gasteiger partial charge in [-0.25, -0.2) is 4.98 Å². The van der Waals surface area contributed by atoms with Crippen molar-refractivity contribution in [2.75, 3.05) is 5.73 Å². The van der Waals surface area contributed by atoms with Crippen LogP contribution in [0.1, 0.15) is 11.3 Å². The monoisotopic (exact) mass is 234 g/mol. The molecule has 2 N–H and O–H groups in total. The Balaban J connectivity index is 2.05. The zero-order valence-corrected chi connectivity index (χ0v) is 9.55. The summed E-state index contributed by atoms with van der Waals surface area (Å²) in [5, 5.41) is 0.925. The van der Waals surface area contributed by atoms with Gasteiger partial charge in [0.05, 0.1) is 11.6 Å². The topological polar surface area (TPSA) is 52.0 Å². The molecule has 0 amide bonds. The number of fused-ring (bicyclic) bond motifs is 1. The summed E-state index contributed by atoms with van der Waals surface area (Å²) in [6.45, 7) is 0. The highest BCUT2D eigenvalue weighted by atomic mass is 16.3. The van der Waals surface area contributed by atoms with Crippen LogP contribution in [0.4, 0.5) is 5.69 Å². The predicted octanol–water partition coefficient (Wildman–Crippen LogP) is 2.81. The van der Waals surface area contributed by atoms with Crippen molar-refractivity contribution in [3.8, 4) is 11.8 Å². The van der Waals surface area contributed by atoms with Gasteiger partial charge in [-0.05, 0) is 36.3 Å². The zero-order valence-electron chi connectivity index (χ0n) is 9.55. The second-order valence-electron chi connectivity index (χ2n) is 3.87. The van der Waals surface area contributed by atoms with Crippen LogP contribution in [-0.2, 0) is 0 Å². The van der Waals surface area contributed by atoms with Crippen LogP contribution in [0.15, 0.2) is 53.3 Å². The standard InChI is InChI=1S/C15H10N2O/c16-12-3-1-2-11(10-12)4-5-14-13-7-9-18-15(13)6-8-17-14/h1-3,6-10H,16H2. The fourth-order valence-electron chi connectivity index (χ4n) is 1.74. The molecule has 2 aromatic heterocycles. The molecular formula is C15H10N2O. The number of hydrogen-bond acceptors (Lipinski definition) is 3. The van der Waals surface area contributed by atoms with Crippen molar-refractivity contribution in [3.05, 3.63) is 60.1 Å². The molecule has 2 heterocycles. The Bertz CT molecular complexity index is 763. The molecule has 0 spiro atoms. The Kier molecular flexibility index (Phi) is 2.47. The number of pyridine rings is 1. The largest absolute Gasteiger partial charge is 0.464 e. The molecule has 0 aliphatic heterocycles. The van der Waals surface area contributed by atoms with E-state index in [1.54, 1.807) is 12.5 Å². The van der Waals surface area contributed by atoms with E-state index in [0.717, 1.165) is 16.5 Å². The lowest BCUT2D eigenvalue weighted by molar-refractivity contribution is 0.615. The van der Waals surface area contributed by atoms with E-state index in [-0.39, 0.29) is 0 Å². The molecule has 3 rings (SSSR count). The Morgan fingerprint density at radius 2 is 2.06 bits per heavy atom. The van der Waals surface area contributed by atoms with Gasteiger partial charge in [0.1, 0.15) is 11.3 Å². The second-order valence-corrected chi connectivity index (χ2v) is 3.87. The Morgan fingerprint density at radius 1 is 1.11 bits per heavy atom. The number of hydrogen-bond donors (Lipinski definition) is 1. The fraction of sp³-hybridized carbons (Fsp3) is 0. The maximum absolute atomic E-state index is 5.70. The van der Waals surface area contributed by atoms with Gasteiger partial charge in [0, 0.05) is 17.4 Å². The number of benzene rings is 1. The van der Waals surface area contributed by atoms with Crippen LogP contribution in [0.25, 0.3) is 11.0 Å². The summed E-state index contributed by atoms with van der Waals surface area (Å²) in [7, 11) is 0. The van der Waals surface area contributed by atoms with E-state index in [2.05, 4.69) is 16.8 Å². The summed E-state index contributed by atoms with van der Waals surface area (Å²) in [5.74, 6) is 6.09. The zero-order chi connectivity index (χ0) is 12.4. The minimum atomic E-state index is 0.705. The molecule has 0 aliphatic carbocycles. The third-order valence-corrected chi connectivity index (χ3v) is 2.59.